The number of hydrogen-bond acceptors (Lipinski definition) is 4. The fourth-order valence-electron chi connectivity index (χ4n) is 1.56. The Morgan fingerprint density at radius 2 is 1.95 bits per heavy atom. The van der Waals surface area contributed by atoms with Crippen LogP contribution in [-0.2, 0) is 4.79 Å². The molecule has 1 aromatic carbocycles. The molecule has 0 aliphatic carbocycles. The first kappa shape index (κ1) is 14.1. The van der Waals surface area contributed by atoms with E-state index in [-0.39, 0.29) is 11.1 Å². The number of nitrogens with zero attached hydrogens (tertiary/aromatic N) is 1. The molecular weight excluding hydrogens is 272 g/mol. The molecule has 0 atom stereocenters. The Balaban J connectivity index is 2.13. The van der Waals surface area contributed by atoms with Gasteiger partial charge in [0.05, 0.1) is 11.8 Å². The number of furan rings is 1. The van der Waals surface area contributed by atoms with E-state index in [2.05, 4.69) is 5.32 Å². The highest BCUT2D eigenvalue weighted by Crippen LogP contribution is 2.13. The molecule has 0 unspecified atom stereocenters. The molecule has 0 aliphatic heterocycles. The van der Waals surface area contributed by atoms with Crippen molar-refractivity contribution in [1.29, 1.82) is 5.26 Å². The first-order chi connectivity index (χ1) is 10.1. The molecule has 2 rings (SSSR count). The summed E-state index contributed by atoms with van der Waals surface area (Å²) in [6.45, 7) is 0. The van der Waals surface area contributed by atoms with Crippen molar-refractivity contribution in [1.82, 2.24) is 0 Å². The number of carboxylic acids is 1. The van der Waals surface area contributed by atoms with Crippen LogP contribution < -0.4 is 5.32 Å². The van der Waals surface area contributed by atoms with E-state index in [9.17, 15) is 9.59 Å². The lowest BCUT2D eigenvalue weighted by Gasteiger charge is -2.04. The van der Waals surface area contributed by atoms with E-state index in [1.807, 2.05) is 0 Å². The summed E-state index contributed by atoms with van der Waals surface area (Å²) in [5.41, 5.74) is 0.387. The molecule has 6 heteroatoms. The zero-order valence-corrected chi connectivity index (χ0v) is 10.7. The van der Waals surface area contributed by atoms with Crippen molar-refractivity contribution in [2.24, 2.45) is 0 Å². The summed E-state index contributed by atoms with van der Waals surface area (Å²) in [7, 11) is 0. The second-order valence-electron chi connectivity index (χ2n) is 4.02. The van der Waals surface area contributed by atoms with Gasteiger partial charge in [0, 0.05) is 11.8 Å². The lowest BCUT2D eigenvalue weighted by atomic mass is 10.2. The Hall–Kier alpha value is -3.33. The number of rotatable bonds is 4. The van der Waals surface area contributed by atoms with Crippen LogP contribution >= 0.6 is 0 Å². The van der Waals surface area contributed by atoms with Gasteiger partial charge in [0.2, 0.25) is 0 Å². The number of carboxylic acid groups (broad SMARTS) is 1. The Bertz CT molecular complexity index is 722. The molecule has 2 N–H and O–H groups in total. The molecule has 0 fully saturated rings. The van der Waals surface area contributed by atoms with Gasteiger partial charge in [-0.1, -0.05) is 0 Å². The maximum absolute atomic E-state index is 11.9. The van der Waals surface area contributed by atoms with Gasteiger partial charge in [0.1, 0.15) is 17.4 Å². The van der Waals surface area contributed by atoms with Gasteiger partial charge in [-0.25, -0.2) is 4.79 Å². The summed E-state index contributed by atoms with van der Waals surface area (Å²) in [4.78, 5) is 22.6. The third kappa shape index (κ3) is 3.58. The summed E-state index contributed by atoms with van der Waals surface area (Å²) < 4.78 is 5.04. The van der Waals surface area contributed by atoms with Crippen LogP contribution in [0.3, 0.4) is 0 Å². The SMILES string of the molecule is N#C/C(=C\c1ccco1)C(=O)Nc1ccc(C(=O)O)cc1. The van der Waals surface area contributed by atoms with Crippen LogP contribution in [0.5, 0.6) is 0 Å². The first-order valence-corrected chi connectivity index (χ1v) is 5.90. The minimum absolute atomic E-state index is 0.111. The highest BCUT2D eigenvalue weighted by atomic mass is 16.4. The van der Waals surface area contributed by atoms with E-state index >= 15 is 0 Å². The molecule has 21 heavy (non-hydrogen) atoms. The number of carbonyl (C=O) groups is 2. The number of hydrogen-bond donors (Lipinski definition) is 2. The van der Waals surface area contributed by atoms with E-state index in [4.69, 9.17) is 14.8 Å². The number of carbonyl (C=O) groups excluding carboxylic acids is 1. The predicted octanol–water partition coefficient (Wildman–Crippen LogP) is 2.52. The summed E-state index contributed by atoms with van der Waals surface area (Å²) in [5.74, 6) is -1.26. The highest BCUT2D eigenvalue weighted by Gasteiger charge is 2.10. The summed E-state index contributed by atoms with van der Waals surface area (Å²) in [5, 5.41) is 20.3. The van der Waals surface area contributed by atoms with Crippen molar-refractivity contribution in [3.8, 4) is 6.07 Å². The molecule has 104 valence electrons. The molecule has 6 nitrogen and oxygen atoms in total. The number of aromatic carboxylic acids is 1. The third-order valence-electron chi connectivity index (χ3n) is 2.58. The molecule has 2 aromatic rings. The summed E-state index contributed by atoms with van der Waals surface area (Å²) >= 11 is 0. The van der Waals surface area contributed by atoms with Crippen LogP contribution in [0.2, 0.25) is 0 Å². The Morgan fingerprint density at radius 1 is 1.24 bits per heavy atom. The molecule has 0 spiro atoms. The lowest BCUT2D eigenvalue weighted by Crippen LogP contribution is -2.13. The Kier molecular flexibility index (Phi) is 4.17. The van der Waals surface area contributed by atoms with E-state index in [1.54, 1.807) is 18.2 Å². The maximum Gasteiger partial charge on any atom is 0.335 e. The van der Waals surface area contributed by atoms with E-state index < -0.39 is 11.9 Å². The largest absolute Gasteiger partial charge is 0.478 e. The Morgan fingerprint density at radius 3 is 2.48 bits per heavy atom. The number of nitrogens with one attached hydrogen (secondary N) is 1. The first-order valence-electron chi connectivity index (χ1n) is 5.90. The van der Waals surface area contributed by atoms with Gasteiger partial charge in [-0.05, 0) is 36.4 Å². The van der Waals surface area contributed by atoms with Crippen molar-refractivity contribution < 1.29 is 19.1 Å². The molecular formula is C15H10N2O4. The topological polar surface area (TPSA) is 103 Å². The van der Waals surface area contributed by atoms with E-state index in [0.29, 0.717) is 11.4 Å². The predicted molar refractivity (Wildman–Crippen MR) is 74.3 cm³/mol. The standard InChI is InChI=1S/C15H10N2O4/c16-9-11(8-13-2-1-7-21-13)14(18)17-12-5-3-10(4-6-12)15(19)20/h1-8H,(H,17,18)(H,19,20)/b11-8+. The van der Waals surface area contributed by atoms with Crippen LogP contribution in [0, 0.1) is 11.3 Å². The smallest absolute Gasteiger partial charge is 0.335 e. The fraction of sp³-hybridized carbons (Fsp3) is 0. The average molecular weight is 282 g/mol. The quantitative estimate of drug-likeness (QED) is 0.662. The van der Waals surface area contributed by atoms with Crippen LogP contribution in [0.4, 0.5) is 5.69 Å². The minimum atomic E-state index is -1.05. The number of nitriles is 1. The van der Waals surface area contributed by atoms with Crippen LogP contribution in [0.15, 0.2) is 52.7 Å². The number of benzene rings is 1. The van der Waals surface area contributed by atoms with E-state index in [0.717, 1.165) is 0 Å². The van der Waals surface area contributed by atoms with Crippen molar-refractivity contribution in [3.63, 3.8) is 0 Å². The van der Waals surface area contributed by atoms with Gasteiger partial charge in [-0.2, -0.15) is 5.26 Å². The molecule has 1 aromatic heterocycles. The van der Waals surface area contributed by atoms with Crippen molar-refractivity contribution >= 4 is 23.6 Å². The highest BCUT2D eigenvalue weighted by molar-refractivity contribution is 6.09. The van der Waals surface area contributed by atoms with Gasteiger partial charge < -0.3 is 14.8 Å². The molecule has 0 radical (unpaired) electrons. The average Bonchev–Trinajstić information content (AvgIpc) is 2.98. The van der Waals surface area contributed by atoms with Gasteiger partial charge in [0.15, 0.2) is 0 Å². The number of anilines is 1. The molecule has 1 amide bonds. The second kappa shape index (κ2) is 6.21. The van der Waals surface area contributed by atoms with E-state index in [1.165, 1.54) is 36.6 Å². The Labute approximate surface area is 119 Å². The van der Waals surface area contributed by atoms with Crippen LogP contribution in [0.1, 0.15) is 16.1 Å². The minimum Gasteiger partial charge on any atom is -0.478 e. The lowest BCUT2D eigenvalue weighted by molar-refractivity contribution is -0.112. The molecule has 0 bridgehead atoms. The molecule has 0 saturated heterocycles. The molecule has 0 saturated carbocycles. The van der Waals surface area contributed by atoms with Crippen molar-refractivity contribution in [2.45, 2.75) is 0 Å². The second-order valence-corrected chi connectivity index (χ2v) is 4.02. The third-order valence-corrected chi connectivity index (χ3v) is 2.58. The summed E-state index contributed by atoms with van der Waals surface area (Å²) in [6, 6.07) is 10.7. The zero-order valence-electron chi connectivity index (χ0n) is 10.7. The monoisotopic (exact) mass is 282 g/mol. The van der Waals surface area contributed by atoms with Crippen LogP contribution in [-0.4, -0.2) is 17.0 Å². The fourth-order valence-corrected chi connectivity index (χ4v) is 1.56. The molecule has 1 heterocycles. The normalized spacial score (nSPS) is 10.7. The molecule has 0 aliphatic rings. The van der Waals surface area contributed by atoms with Crippen LogP contribution in [0.25, 0.3) is 6.08 Å². The van der Waals surface area contributed by atoms with Gasteiger partial charge in [-0.15, -0.1) is 0 Å². The van der Waals surface area contributed by atoms with Gasteiger partial charge in [0.25, 0.3) is 5.91 Å². The van der Waals surface area contributed by atoms with Crippen molar-refractivity contribution in [3.05, 3.63) is 59.6 Å². The summed E-state index contributed by atoms with van der Waals surface area (Å²) in [6.07, 6.45) is 2.75. The number of amides is 1. The van der Waals surface area contributed by atoms with Gasteiger partial charge >= 0.3 is 5.97 Å². The van der Waals surface area contributed by atoms with Crippen molar-refractivity contribution in [2.75, 3.05) is 5.32 Å². The zero-order chi connectivity index (χ0) is 15.2. The van der Waals surface area contributed by atoms with Gasteiger partial charge in [-0.3, -0.25) is 4.79 Å². The maximum atomic E-state index is 11.9.